The van der Waals surface area contributed by atoms with Crippen LogP contribution in [-0.2, 0) is 0 Å². The van der Waals surface area contributed by atoms with Crippen LogP contribution < -0.4 is 15.4 Å². The molecule has 2 N–H and O–H groups in total. The zero-order valence-electron chi connectivity index (χ0n) is 16.4. The fourth-order valence-electron chi connectivity index (χ4n) is 2.82. The average molecular weight is 397 g/mol. The van der Waals surface area contributed by atoms with Crippen LogP contribution >= 0.6 is 11.3 Å². The van der Waals surface area contributed by atoms with Crippen LogP contribution in [0, 0.1) is 12.8 Å². The largest absolute Gasteiger partial charge is 0.497 e. The monoisotopic (exact) mass is 396 g/mol. The third kappa shape index (κ3) is 4.67. The van der Waals surface area contributed by atoms with Crippen molar-refractivity contribution in [3.05, 3.63) is 64.9 Å². The van der Waals surface area contributed by atoms with Crippen LogP contribution in [0.3, 0.4) is 0 Å². The van der Waals surface area contributed by atoms with E-state index in [1.807, 2.05) is 43.3 Å². The lowest BCUT2D eigenvalue weighted by molar-refractivity contribution is 0.0920. The van der Waals surface area contributed by atoms with Crippen LogP contribution in [-0.4, -0.2) is 23.0 Å². The average Bonchev–Trinajstić information content (AvgIpc) is 3.16. The molecule has 0 radical (unpaired) electrons. The zero-order chi connectivity index (χ0) is 20.1. The second-order valence-electron chi connectivity index (χ2n) is 6.79. The first-order valence-electron chi connectivity index (χ1n) is 9.07. The molecule has 0 bridgehead atoms. The topological polar surface area (TPSA) is 76.1 Å². The number of hydrogen-bond donors (Lipinski definition) is 2. The van der Waals surface area contributed by atoms with Gasteiger partial charge in [0.15, 0.2) is 5.13 Å². The van der Waals surface area contributed by atoms with Crippen LogP contribution in [0.1, 0.15) is 41.6 Å². The summed E-state index contributed by atoms with van der Waals surface area (Å²) in [6.45, 7) is 6.14. The summed E-state index contributed by atoms with van der Waals surface area (Å²) in [7, 11) is 1.63. The molecule has 28 heavy (non-hydrogen) atoms. The number of pyridine rings is 1. The smallest absolute Gasteiger partial charge is 0.271 e. The molecule has 0 saturated heterocycles. The van der Waals surface area contributed by atoms with Gasteiger partial charge in [-0.1, -0.05) is 19.9 Å². The number of aryl methyl sites for hydroxylation is 1. The summed E-state index contributed by atoms with van der Waals surface area (Å²) in [6.07, 6.45) is 1.75. The number of methoxy groups -OCH3 is 1. The molecule has 1 atom stereocenters. The van der Waals surface area contributed by atoms with Crippen molar-refractivity contribution in [2.24, 2.45) is 5.92 Å². The quantitative estimate of drug-likeness (QED) is 0.604. The predicted octanol–water partition coefficient (Wildman–Crippen LogP) is 4.73. The minimum atomic E-state index is -0.206. The zero-order valence-corrected chi connectivity index (χ0v) is 17.2. The van der Waals surface area contributed by atoms with E-state index in [1.54, 1.807) is 18.7 Å². The van der Waals surface area contributed by atoms with Crippen molar-refractivity contribution in [2.75, 3.05) is 12.4 Å². The number of rotatable bonds is 7. The van der Waals surface area contributed by atoms with E-state index in [-0.39, 0.29) is 17.9 Å². The lowest BCUT2D eigenvalue weighted by Gasteiger charge is -2.23. The van der Waals surface area contributed by atoms with Crippen LogP contribution in [0.5, 0.6) is 5.75 Å². The number of anilines is 2. The van der Waals surface area contributed by atoms with E-state index in [0.717, 1.165) is 22.7 Å². The van der Waals surface area contributed by atoms with Crippen molar-refractivity contribution in [3.8, 4) is 5.75 Å². The Bertz CT molecular complexity index is 938. The third-order valence-electron chi connectivity index (χ3n) is 4.38. The number of ether oxygens (including phenoxy) is 1. The van der Waals surface area contributed by atoms with Gasteiger partial charge in [0.05, 0.1) is 18.8 Å². The highest BCUT2D eigenvalue weighted by Gasteiger charge is 2.23. The van der Waals surface area contributed by atoms with Gasteiger partial charge in [-0.25, -0.2) is 4.98 Å². The van der Waals surface area contributed by atoms with E-state index in [4.69, 9.17) is 4.74 Å². The summed E-state index contributed by atoms with van der Waals surface area (Å²) in [5.41, 5.74) is 3.21. The highest BCUT2D eigenvalue weighted by Crippen LogP contribution is 2.25. The van der Waals surface area contributed by atoms with Gasteiger partial charge in [-0.05, 0) is 48.7 Å². The molecule has 6 nitrogen and oxygen atoms in total. The molecular weight excluding hydrogens is 372 g/mol. The van der Waals surface area contributed by atoms with Crippen molar-refractivity contribution >= 4 is 28.1 Å². The van der Waals surface area contributed by atoms with Crippen molar-refractivity contribution in [1.82, 2.24) is 15.3 Å². The van der Waals surface area contributed by atoms with Gasteiger partial charge >= 0.3 is 0 Å². The summed E-state index contributed by atoms with van der Waals surface area (Å²) < 4.78 is 5.16. The first kappa shape index (κ1) is 19.8. The third-order valence-corrected chi connectivity index (χ3v) is 5.13. The minimum Gasteiger partial charge on any atom is -0.497 e. The normalized spacial score (nSPS) is 11.9. The highest BCUT2D eigenvalue weighted by atomic mass is 32.1. The van der Waals surface area contributed by atoms with E-state index < -0.39 is 0 Å². The maximum absolute atomic E-state index is 12.8. The molecule has 0 spiro atoms. The second-order valence-corrected chi connectivity index (χ2v) is 7.65. The lowest BCUT2D eigenvalue weighted by atomic mass is 9.97. The van der Waals surface area contributed by atoms with Crippen LogP contribution in [0.4, 0.5) is 10.8 Å². The Kier molecular flexibility index (Phi) is 6.26. The summed E-state index contributed by atoms with van der Waals surface area (Å²) in [5, 5.41) is 8.70. The molecule has 0 fully saturated rings. The fraction of sp³-hybridized carbons (Fsp3) is 0.286. The molecule has 1 amide bonds. The molecule has 0 aliphatic carbocycles. The van der Waals surface area contributed by atoms with Gasteiger partial charge in [0.1, 0.15) is 11.4 Å². The van der Waals surface area contributed by atoms with Crippen LogP contribution in [0.15, 0.2) is 48.0 Å². The van der Waals surface area contributed by atoms with Gasteiger partial charge in [0.2, 0.25) is 0 Å². The second kappa shape index (κ2) is 8.84. The summed E-state index contributed by atoms with van der Waals surface area (Å²) >= 11 is 1.39. The lowest BCUT2D eigenvalue weighted by Crippen LogP contribution is -2.33. The number of hydrogen-bond acceptors (Lipinski definition) is 6. The molecule has 1 aromatic carbocycles. The van der Waals surface area contributed by atoms with Crippen LogP contribution in [0.25, 0.3) is 0 Å². The molecular formula is C21H24N4O2S. The molecule has 0 aliphatic rings. The first-order chi connectivity index (χ1) is 13.5. The Hall–Kier alpha value is -2.93. The summed E-state index contributed by atoms with van der Waals surface area (Å²) in [6, 6.07) is 11.3. The van der Waals surface area contributed by atoms with Gasteiger partial charge in [-0.15, -0.1) is 11.3 Å². The molecule has 0 saturated carbocycles. The molecule has 0 aliphatic heterocycles. The fourth-order valence-corrected chi connectivity index (χ4v) is 3.53. The maximum Gasteiger partial charge on any atom is 0.271 e. The number of aromatic nitrogens is 2. The molecule has 2 aromatic heterocycles. The SMILES string of the molecule is COc1ccc(Nc2nc(C(=O)NC(c3ncccc3C)C(C)C)cs2)cc1. The maximum atomic E-state index is 12.8. The van der Waals surface area contributed by atoms with E-state index in [9.17, 15) is 4.79 Å². The molecule has 3 rings (SSSR count). The number of carbonyl (C=O) groups is 1. The summed E-state index contributed by atoms with van der Waals surface area (Å²) in [4.78, 5) is 21.6. The van der Waals surface area contributed by atoms with Crippen LogP contribution in [0.2, 0.25) is 0 Å². The Labute approximate surface area is 169 Å². The standard InChI is InChI=1S/C21H24N4O2S/c1-13(2)18(19-14(3)6-5-11-22-19)25-20(26)17-12-28-21(24-17)23-15-7-9-16(27-4)10-8-15/h5-13,18H,1-4H3,(H,23,24)(H,25,26). The van der Waals surface area contributed by atoms with Gasteiger partial charge in [0.25, 0.3) is 5.91 Å². The van der Waals surface area contributed by atoms with Gasteiger partial charge in [0, 0.05) is 17.3 Å². The Morgan fingerprint density at radius 2 is 1.93 bits per heavy atom. The molecule has 2 heterocycles. The highest BCUT2D eigenvalue weighted by molar-refractivity contribution is 7.14. The number of thiazole rings is 1. The molecule has 7 heteroatoms. The minimum absolute atomic E-state index is 0.173. The number of amides is 1. The predicted molar refractivity (Wildman–Crippen MR) is 112 cm³/mol. The Morgan fingerprint density at radius 1 is 1.18 bits per heavy atom. The van der Waals surface area contributed by atoms with Gasteiger partial charge in [-0.3, -0.25) is 9.78 Å². The number of nitrogens with one attached hydrogen (secondary N) is 2. The Morgan fingerprint density at radius 3 is 2.57 bits per heavy atom. The summed E-state index contributed by atoms with van der Waals surface area (Å²) in [5.74, 6) is 0.783. The van der Waals surface area contributed by atoms with E-state index in [1.165, 1.54) is 11.3 Å². The molecule has 3 aromatic rings. The molecule has 1 unspecified atom stereocenters. The van der Waals surface area contributed by atoms with Crippen molar-refractivity contribution in [1.29, 1.82) is 0 Å². The van der Waals surface area contributed by atoms with Gasteiger partial charge < -0.3 is 15.4 Å². The van der Waals surface area contributed by atoms with Crippen molar-refractivity contribution < 1.29 is 9.53 Å². The molecule has 146 valence electrons. The number of nitrogens with zero attached hydrogens (tertiary/aromatic N) is 2. The van der Waals surface area contributed by atoms with E-state index in [2.05, 4.69) is 34.4 Å². The Balaban J connectivity index is 1.71. The first-order valence-corrected chi connectivity index (χ1v) is 9.95. The van der Waals surface area contributed by atoms with Crippen molar-refractivity contribution in [3.63, 3.8) is 0 Å². The van der Waals surface area contributed by atoms with E-state index in [0.29, 0.717) is 10.8 Å². The van der Waals surface area contributed by atoms with Crippen molar-refractivity contribution in [2.45, 2.75) is 26.8 Å². The van der Waals surface area contributed by atoms with E-state index >= 15 is 0 Å². The number of carbonyl (C=O) groups excluding carboxylic acids is 1. The number of benzene rings is 1. The van der Waals surface area contributed by atoms with Gasteiger partial charge in [-0.2, -0.15) is 0 Å².